The van der Waals surface area contributed by atoms with Crippen molar-refractivity contribution in [3.8, 4) is 0 Å². The third kappa shape index (κ3) is 4.14. The van der Waals surface area contributed by atoms with Crippen molar-refractivity contribution < 1.29 is 0 Å². The minimum atomic E-state index is 0.494. The predicted octanol–water partition coefficient (Wildman–Crippen LogP) is 5.80. The highest BCUT2D eigenvalue weighted by molar-refractivity contribution is 9.10. The van der Waals surface area contributed by atoms with Crippen LogP contribution in [0.5, 0.6) is 0 Å². The molecule has 1 aliphatic rings. The molecular formula is C23H27BrN4. The number of para-hydroxylation sites is 1. The highest BCUT2D eigenvalue weighted by Gasteiger charge is 2.25. The van der Waals surface area contributed by atoms with E-state index in [0.717, 1.165) is 33.7 Å². The van der Waals surface area contributed by atoms with Crippen LogP contribution in [-0.4, -0.2) is 30.1 Å². The number of hydrogen-bond acceptors (Lipinski definition) is 4. The summed E-state index contributed by atoms with van der Waals surface area (Å²) >= 11 is 3.54. The predicted molar refractivity (Wildman–Crippen MR) is 121 cm³/mol. The Morgan fingerprint density at radius 3 is 2.36 bits per heavy atom. The van der Waals surface area contributed by atoms with Gasteiger partial charge in [-0.05, 0) is 42.7 Å². The van der Waals surface area contributed by atoms with E-state index >= 15 is 0 Å². The second-order valence-corrected chi connectivity index (χ2v) is 8.72. The van der Waals surface area contributed by atoms with Gasteiger partial charge in [-0.15, -0.1) is 0 Å². The van der Waals surface area contributed by atoms with E-state index in [-0.39, 0.29) is 0 Å². The third-order valence-corrected chi connectivity index (χ3v) is 6.06. The summed E-state index contributed by atoms with van der Waals surface area (Å²) in [5.74, 6) is 1.83. The highest BCUT2D eigenvalue weighted by Crippen LogP contribution is 2.31. The van der Waals surface area contributed by atoms with Crippen molar-refractivity contribution in [2.24, 2.45) is 0 Å². The zero-order valence-electron chi connectivity index (χ0n) is 16.6. The molecule has 0 spiro atoms. The topological polar surface area (TPSA) is 32.3 Å². The minimum absolute atomic E-state index is 0.494. The zero-order chi connectivity index (χ0) is 19.5. The number of halogens is 1. The maximum absolute atomic E-state index is 5.02. The van der Waals surface area contributed by atoms with Gasteiger partial charge in [0.05, 0.1) is 5.52 Å². The fraction of sp³-hybridized carbons (Fsp3) is 0.391. The van der Waals surface area contributed by atoms with Crippen LogP contribution in [0.15, 0.2) is 53.0 Å². The molecule has 3 aromatic rings. The van der Waals surface area contributed by atoms with Gasteiger partial charge in [0.15, 0.2) is 0 Å². The molecular weight excluding hydrogens is 412 g/mol. The van der Waals surface area contributed by atoms with Crippen LogP contribution in [-0.2, 0) is 6.54 Å². The Balaban J connectivity index is 1.77. The molecule has 146 valence electrons. The maximum Gasteiger partial charge on any atom is 0.228 e. The molecule has 4 nitrogen and oxygen atoms in total. The van der Waals surface area contributed by atoms with Gasteiger partial charge < -0.3 is 9.80 Å². The van der Waals surface area contributed by atoms with Crippen molar-refractivity contribution in [1.29, 1.82) is 0 Å². The second-order valence-electron chi connectivity index (χ2n) is 7.80. The number of aromatic nitrogens is 2. The summed E-state index contributed by atoms with van der Waals surface area (Å²) in [7, 11) is 4.11. The molecule has 0 unspecified atom stereocenters. The van der Waals surface area contributed by atoms with Gasteiger partial charge in [-0.2, -0.15) is 4.98 Å². The molecule has 1 aliphatic carbocycles. The molecule has 1 aromatic heterocycles. The van der Waals surface area contributed by atoms with E-state index in [1.165, 1.54) is 37.7 Å². The van der Waals surface area contributed by atoms with Crippen molar-refractivity contribution in [2.75, 3.05) is 23.9 Å². The molecule has 5 heteroatoms. The summed E-state index contributed by atoms with van der Waals surface area (Å²) in [5.41, 5.74) is 2.30. The first-order chi connectivity index (χ1) is 13.6. The Morgan fingerprint density at radius 1 is 0.929 bits per heavy atom. The van der Waals surface area contributed by atoms with Gasteiger partial charge >= 0.3 is 0 Å². The van der Waals surface area contributed by atoms with E-state index in [2.05, 4.69) is 88.4 Å². The summed E-state index contributed by atoms with van der Waals surface area (Å²) in [4.78, 5) is 14.5. The average molecular weight is 439 g/mol. The first-order valence-corrected chi connectivity index (χ1v) is 10.9. The fourth-order valence-corrected chi connectivity index (χ4v) is 4.32. The zero-order valence-corrected chi connectivity index (χ0v) is 18.2. The first-order valence-electron chi connectivity index (χ1n) is 10.1. The van der Waals surface area contributed by atoms with Crippen LogP contribution in [0, 0.1) is 0 Å². The van der Waals surface area contributed by atoms with Gasteiger partial charge in [0.2, 0.25) is 5.95 Å². The largest absolute Gasteiger partial charge is 0.362 e. The second kappa shape index (κ2) is 8.48. The highest BCUT2D eigenvalue weighted by atomic mass is 79.9. The summed E-state index contributed by atoms with van der Waals surface area (Å²) < 4.78 is 1.11. The number of nitrogens with zero attached hydrogens (tertiary/aromatic N) is 4. The van der Waals surface area contributed by atoms with Crippen LogP contribution in [0.4, 0.5) is 11.8 Å². The van der Waals surface area contributed by atoms with Crippen LogP contribution >= 0.6 is 15.9 Å². The molecule has 0 saturated heterocycles. The van der Waals surface area contributed by atoms with Crippen molar-refractivity contribution in [3.63, 3.8) is 0 Å². The lowest BCUT2D eigenvalue weighted by atomic mass is 9.94. The Kier molecular flexibility index (Phi) is 5.81. The van der Waals surface area contributed by atoms with Crippen molar-refractivity contribution in [2.45, 2.75) is 44.7 Å². The monoisotopic (exact) mass is 438 g/mol. The summed E-state index contributed by atoms with van der Waals surface area (Å²) in [6, 6.07) is 17.4. The Labute approximate surface area is 175 Å². The minimum Gasteiger partial charge on any atom is -0.362 e. The van der Waals surface area contributed by atoms with Crippen molar-refractivity contribution >= 4 is 38.6 Å². The van der Waals surface area contributed by atoms with Crippen LogP contribution in [0.1, 0.15) is 37.7 Å². The lowest BCUT2D eigenvalue weighted by molar-refractivity contribution is 0.409. The van der Waals surface area contributed by atoms with E-state index in [1.54, 1.807) is 0 Å². The molecule has 1 fully saturated rings. The van der Waals surface area contributed by atoms with Crippen molar-refractivity contribution in [1.82, 2.24) is 9.97 Å². The molecule has 0 radical (unpaired) electrons. The number of anilines is 2. The first kappa shape index (κ1) is 19.2. The van der Waals surface area contributed by atoms with E-state index < -0.39 is 0 Å². The van der Waals surface area contributed by atoms with E-state index in [0.29, 0.717) is 6.04 Å². The maximum atomic E-state index is 5.02. The number of benzene rings is 2. The smallest absolute Gasteiger partial charge is 0.228 e. The number of fused-ring (bicyclic) bond motifs is 1. The van der Waals surface area contributed by atoms with Gasteiger partial charge in [0.1, 0.15) is 5.82 Å². The molecule has 4 rings (SSSR count). The van der Waals surface area contributed by atoms with Crippen molar-refractivity contribution in [3.05, 3.63) is 58.6 Å². The SMILES string of the molecule is CN(C)c1nc(N(Cc2ccc(Br)cc2)C2CCCCC2)nc2ccccc12. The van der Waals surface area contributed by atoms with E-state index in [9.17, 15) is 0 Å². The van der Waals surface area contributed by atoms with Gasteiger partial charge in [-0.1, -0.05) is 59.5 Å². The number of rotatable bonds is 5. The van der Waals surface area contributed by atoms with E-state index in [1.807, 2.05) is 0 Å². The Morgan fingerprint density at radius 2 is 1.64 bits per heavy atom. The quantitative estimate of drug-likeness (QED) is 0.503. The molecule has 0 N–H and O–H groups in total. The van der Waals surface area contributed by atoms with Crippen LogP contribution in [0.25, 0.3) is 10.9 Å². The summed E-state index contributed by atoms with van der Waals surface area (Å²) in [6.07, 6.45) is 6.34. The third-order valence-electron chi connectivity index (χ3n) is 5.53. The average Bonchev–Trinajstić information content (AvgIpc) is 2.73. The summed E-state index contributed by atoms with van der Waals surface area (Å²) in [6.45, 7) is 0.836. The molecule has 2 aromatic carbocycles. The molecule has 0 bridgehead atoms. The van der Waals surface area contributed by atoms with E-state index in [4.69, 9.17) is 9.97 Å². The van der Waals surface area contributed by atoms with Gasteiger partial charge in [-0.25, -0.2) is 4.98 Å². The Hall–Kier alpha value is -2.14. The standard InChI is InChI=1S/C23H27BrN4/c1-27(2)22-20-10-6-7-11-21(20)25-23(26-22)28(19-8-4-3-5-9-19)16-17-12-14-18(24)15-13-17/h6-7,10-15,19H,3-5,8-9,16H2,1-2H3. The van der Waals surface area contributed by atoms with Gasteiger partial charge in [-0.3, -0.25) is 0 Å². The molecule has 0 amide bonds. The molecule has 1 heterocycles. The molecule has 1 saturated carbocycles. The fourth-order valence-electron chi connectivity index (χ4n) is 4.06. The Bertz CT molecular complexity index is 933. The molecule has 0 atom stereocenters. The molecule has 0 aliphatic heterocycles. The van der Waals surface area contributed by atoms with Gasteiger partial charge in [0, 0.05) is 36.5 Å². The lowest BCUT2D eigenvalue weighted by Crippen LogP contribution is -2.37. The van der Waals surface area contributed by atoms with Crippen LogP contribution in [0.2, 0.25) is 0 Å². The lowest BCUT2D eigenvalue weighted by Gasteiger charge is -2.35. The van der Waals surface area contributed by atoms with Gasteiger partial charge in [0.25, 0.3) is 0 Å². The molecule has 28 heavy (non-hydrogen) atoms. The summed E-state index contributed by atoms with van der Waals surface area (Å²) in [5, 5.41) is 1.10. The normalized spacial score (nSPS) is 15.0. The van der Waals surface area contributed by atoms with Crippen LogP contribution < -0.4 is 9.80 Å². The van der Waals surface area contributed by atoms with Crippen LogP contribution in [0.3, 0.4) is 0 Å². The number of hydrogen-bond donors (Lipinski definition) is 0.